The van der Waals surface area contributed by atoms with Gasteiger partial charge in [0.25, 0.3) is 11.8 Å². The second-order valence-electron chi connectivity index (χ2n) is 7.53. The zero-order chi connectivity index (χ0) is 20.3. The molecule has 0 atom stereocenters. The zero-order valence-corrected chi connectivity index (χ0v) is 16.5. The fraction of sp³-hybridized carbons (Fsp3) is 0.409. The summed E-state index contributed by atoms with van der Waals surface area (Å²) in [6, 6.07) is 9.58. The first-order chi connectivity index (χ1) is 14.0. The molecule has 2 fully saturated rings. The third-order valence-corrected chi connectivity index (χ3v) is 5.45. The monoisotopic (exact) mass is 395 g/mol. The van der Waals surface area contributed by atoms with Crippen LogP contribution in [0.25, 0.3) is 0 Å². The number of piperidine rings is 1. The van der Waals surface area contributed by atoms with Crippen LogP contribution < -0.4 is 5.32 Å². The third kappa shape index (κ3) is 4.46. The molecular weight excluding hydrogens is 370 g/mol. The number of likely N-dealkylation sites (tertiary alicyclic amines) is 1. The smallest absolute Gasteiger partial charge is 0.255 e. The van der Waals surface area contributed by atoms with Crippen molar-refractivity contribution in [2.45, 2.75) is 32.1 Å². The van der Waals surface area contributed by atoms with Gasteiger partial charge in [0, 0.05) is 44.9 Å². The second-order valence-corrected chi connectivity index (χ2v) is 7.53. The predicted octanol–water partition coefficient (Wildman–Crippen LogP) is 2.30. The number of benzene rings is 1. The topological polar surface area (TPSA) is 80.8 Å². The maximum atomic E-state index is 12.9. The molecule has 0 bridgehead atoms. The Kier molecular flexibility index (Phi) is 5.60. The standard InChI is InChI=1S/C22H25N3O4/c1-16-2-4-17(5-3-16)13-24-20(26)18-12-19(15-23-14-18)21(27)25-8-6-22(7-9-25)28-10-11-29-22/h2-5,12,14-15H,6-11,13H2,1H3,(H,24,26). The zero-order valence-electron chi connectivity index (χ0n) is 16.5. The number of nitrogens with one attached hydrogen (secondary N) is 1. The van der Waals surface area contributed by atoms with Gasteiger partial charge in [0.1, 0.15) is 0 Å². The highest BCUT2D eigenvalue weighted by Crippen LogP contribution is 2.31. The van der Waals surface area contributed by atoms with Gasteiger partial charge in [-0.2, -0.15) is 0 Å². The third-order valence-electron chi connectivity index (χ3n) is 5.45. The average Bonchev–Trinajstić information content (AvgIpc) is 3.21. The minimum atomic E-state index is -0.521. The van der Waals surface area contributed by atoms with Crippen LogP contribution in [0.1, 0.15) is 44.7 Å². The van der Waals surface area contributed by atoms with Gasteiger partial charge in [0.2, 0.25) is 0 Å². The number of pyridine rings is 1. The summed E-state index contributed by atoms with van der Waals surface area (Å²) >= 11 is 0. The Balaban J connectivity index is 1.37. The SMILES string of the molecule is Cc1ccc(CNC(=O)c2cncc(C(=O)N3CCC4(CC3)OCCO4)c2)cc1. The van der Waals surface area contributed by atoms with Crippen molar-refractivity contribution in [2.75, 3.05) is 26.3 Å². The summed E-state index contributed by atoms with van der Waals surface area (Å²) in [6.45, 7) is 4.78. The summed E-state index contributed by atoms with van der Waals surface area (Å²) in [7, 11) is 0. The highest BCUT2D eigenvalue weighted by Gasteiger charge is 2.40. The van der Waals surface area contributed by atoms with Gasteiger partial charge in [-0.15, -0.1) is 0 Å². The van der Waals surface area contributed by atoms with Crippen LogP contribution >= 0.6 is 0 Å². The fourth-order valence-electron chi connectivity index (χ4n) is 3.69. The van der Waals surface area contributed by atoms with E-state index in [1.165, 1.54) is 18.0 Å². The maximum Gasteiger partial charge on any atom is 0.255 e. The van der Waals surface area contributed by atoms with Gasteiger partial charge in [-0.3, -0.25) is 14.6 Å². The van der Waals surface area contributed by atoms with E-state index in [-0.39, 0.29) is 11.8 Å². The van der Waals surface area contributed by atoms with E-state index in [0.717, 1.165) is 5.56 Å². The summed E-state index contributed by atoms with van der Waals surface area (Å²) < 4.78 is 11.4. The highest BCUT2D eigenvalue weighted by atomic mass is 16.7. The van der Waals surface area contributed by atoms with Crippen LogP contribution in [0.15, 0.2) is 42.7 Å². The molecule has 2 aliphatic heterocycles. The van der Waals surface area contributed by atoms with Crippen molar-refractivity contribution in [3.8, 4) is 0 Å². The molecule has 1 aromatic heterocycles. The van der Waals surface area contributed by atoms with Gasteiger partial charge in [-0.05, 0) is 18.6 Å². The number of carbonyl (C=O) groups is 2. The van der Waals surface area contributed by atoms with Crippen molar-refractivity contribution in [3.63, 3.8) is 0 Å². The van der Waals surface area contributed by atoms with Gasteiger partial charge < -0.3 is 19.7 Å². The van der Waals surface area contributed by atoms with Crippen LogP contribution in [-0.4, -0.2) is 53.8 Å². The Bertz CT molecular complexity index is 881. The van der Waals surface area contributed by atoms with Crippen LogP contribution in [0.2, 0.25) is 0 Å². The first-order valence-electron chi connectivity index (χ1n) is 9.91. The molecule has 2 aromatic rings. The molecule has 1 spiro atoms. The molecule has 29 heavy (non-hydrogen) atoms. The van der Waals surface area contributed by atoms with E-state index in [1.807, 2.05) is 31.2 Å². The average molecular weight is 395 g/mol. The lowest BCUT2D eigenvalue weighted by Gasteiger charge is -2.37. The van der Waals surface area contributed by atoms with E-state index in [4.69, 9.17) is 9.47 Å². The Morgan fingerprint density at radius 1 is 1.07 bits per heavy atom. The van der Waals surface area contributed by atoms with Gasteiger partial charge in [-0.1, -0.05) is 29.8 Å². The lowest BCUT2D eigenvalue weighted by molar-refractivity contribution is -0.181. The molecule has 0 aliphatic carbocycles. The Morgan fingerprint density at radius 3 is 2.41 bits per heavy atom. The molecule has 3 heterocycles. The number of hydrogen-bond donors (Lipinski definition) is 1. The minimum Gasteiger partial charge on any atom is -0.348 e. The number of carbonyl (C=O) groups excluding carboxylic acids is 2. The Hall–Kier alpha value is -2.77. The van der Waals surface area contributed by atoms with Crippen molar-refractivity contribution in [1.82, 2.24) is 15.2 Å². The molecule has 152 valence electrons. The summed E-state index contributed by atoms with van der Waals surface area (Å²) in [5.41, 5.74) is 2.98. The number of amides is 2. The number of nitrogens with zero attached hydrogens (tertiary/aromatic N) is 2. The molecular formula is C22H25N3O4. The lowest BCUT2D eigenvalue weighted by atomic mass is 10.0. The molecule has 0 radical (unpaired) electrons. The number of hydrogen-bond acceptors (Lipinski definition) is 5. The normalized spacial score (nSPS) is 18.0. The molecule has 7 nitrogen and oxygen atoms in total. The van der Waals surface area contributed by atoms with Crippen LogP contribution in [0.5, 0.6) is 0 Å². The summed E-state index contributed by atoms with van der Waals surface area (Å²) in [6.07, 6.45) is 4.30. The Labute approximate surface area is 170 Å². The quantitative estimate of drug-likeness (QED) is 0.859. The minimum absolute atomic E-state index is 0.126. The first-order valence-corrected chi connectivity index (χ1v) is 9.91. The molecule has 0 unspecified atom stereocenters. The van der Waals surface area contributed by atoms with Crippen molar-refractivity contribution in [3.05, 3.63) is 65.0 Å². The van der Waals surface area contributed by atoms with E-state index >= 15 is 0 Å². The van der Waals surface area contributed by atoms with Gasteiger partial charge >= 0.3 is 0 Å². The predicted molar refractivity (Wildman–Crippen MR) is 106 cm³/mol. The molecule has 0 saturated carbocycles. The van der Waals surface area contributed by atoms with Crippen LogP contribution in [0.4, 0.5) is 0 Å². The van der Waals surface area contributed by atoms with E-state index in [2.05, 4.69) is 10.3 Å². The number of ether oxygens (including phenoxy) is 2. The molecule has 2 aliphatic rings. The summed E-state index contributed by atoms with van der Waals surface area (Å²) in [5.74, 6) is -0.899. The first kappa shape index (κ1) is 19.5. The molecule has 2 amide bonds. The van der Waals surface area contributed by atoms with Crippen molar-refractivity contribution in [2.24, 2.45) is 0 Å². The van der Waals surface area contributed by atoms with Crippen LogP contribution in [0.3, 0.4) is 0 Å². The molecule has 4 rings (SSSR count). The van der Waals surface area contributed by atoms with Crippen molar-refractivity contribution in [1.29, 1.82) is 0 Å². The number of aryl methyl sites for hydroxylation is 1. The van der Waals surface area contributed by atoms with Crippen molar-refractivity contribution >= 4 is 11.8 Å². The lowest BCUT2D eigenvalue weighted by Crippen LogP contribution is -2.47. The van der Waals surface area contributed by atoms with Crippen molar-refractivity contribution < 1.29 is 19.1 Å². The highest BCUT2D eigenvalue weighted by molar-refractivity contribution is 5.99. The van der Waals surface area contributed by atoms with E-state index in [0.29, 0.717) is 56.8 Å². The van der Waals surface area contributed by atoms with Crippen LogP contribution in [0, 0.1) is 6.92 Å². The fourth-order valence-corrected chi connectivity index (χ4v) is 3.69. The van der Waals surface area contributed by atoms with E-state index in [1.54, 1.807) is 11.0 Å². The van der Waals surface area contributed by atoms with Crippen LogP contribution in [-0.2, 0) is 16.0 Å². The van der Waals surface area contributed by atoms with Gasteiger partial charge in [0.05, 0.1) is 24.3 Å². The maximum absolute atomic E-state index is 12.9. The van der Waals surface area contributed by atoms with E-state index in [9.17, 15) is 9.59 Å². The molecule has 7 heteroatoms. The van der Waals surface area contributed by atoms with E-state index < -0.39 is 5.79 Å². The number of aromatic nitrogens is 1. The largest absolute Gasteiger partial charge is 0.348 e. The summed E-state index contributed by atoms with van der Waals surface area (Å²) in [4.78, 5) is 31.2. The summed E-state index contributed by atoms with van der Waals surface area (Å²) in [5, 5.41) is 2.88. The molecule has 1 aromatic carbocycles. The molecule has 1 N–H and O–H groups in total. The van der Waals surface area contributed by atoms with Gasteiger partial charge in [-0.25, -0.2) is 0 Å². The Morgan fingerprint density at radius 2 is 1.72 bits per heavy atom. The second kappa shape index (κ2) is 8.31. The van der Waals surface area contributed by atoms with Gasteiger partial charge in [0.15, 0.2) is 5.79 Å². The molecule has 2 saturated heterocycles. The number of rotatable bonds is 4.